The molecule has 0 saturated carbocycles. The molecule has 19 heavy (non-hydrogen) atoms. The third-order valence-corrected chi connectivity index (χ3v) is 3.09. The highest BCUT2D eigenvalue weighted by Crippen LogP contribution is 2.16. The van der Waals surface area contributed by atoms with Crippen LogP contribution in [0.5, 0.6) is 0 Å². The first-order chi connectivity index (χ1) is 8.97. The molecule has 0 amide bonds. The quantitative estimate of drug-likeness (QED) is 0.764. The van der Waals surface area contributed by atoms with Crippen molar-refractivity contribution in [1.29, 1.82) is 5.26 Å². The molecule has 0 unspecified atom stereocenters. The molecule has 0 atom stereocenters. The predicted molar refractivity (Wildman–Crippen MR) is 71.5 cm³/mol. The summed E-state index contributed by atoms with van der Waals surface area (Å²) >= 11 is 0. The fourth-order valence-corrected chi connectivity index (χ4v) is 2.09. The largest absolute Gasteiger partial charge is 0.335 e. The highest BCUT2D eigenvalue weighted by atomic mass is 16.2. The minimum atomic E-state index is -0.574. The van der Waals surface area contributed by atoms with E-state index >= 15 is 0 Å². The van der Waals surface area contributed by atoms with Crippen LogP contribution in [0.15, 0.2) is 34.0 Å². The van der Waals surface area contributed by atoms with Crippen molar-refractivity contribution in [3.05, 3.63) is 61.9 Å². The lowest BCUT2D eigenvalue weighted by Gasteiger charge is -2.13. The Balaban J connectivity index is 2.93. The Hall–Kier alpha value is -2.61. The first kappa shape index (κ1) is 12.8. The van der Waals surface area contributed by atoms with Crippen molar-refractivity contribution in [2.24, 2.45) is 7.05 Å². The summed E-state index contributed by atoms with van der Waals surface area (Å²) < 4.78 is 2.30. The van der Waals surface area contributed by atoms with Crippen molar-refractivity contribution in [3.63, 3.8) is 0 Å². The molecular weight excluding hydrogens is 242 g/mol. The summed E-state index contributed by atoms with van der Waals surface area (Å²) in [5.74, 6) is 0. The topological polar surface area (TPSA) is 67.8 Å². The second-order valence-electron chi connectivity index (χ2n) is 4.41. The van der Waals surface area contributed by atoms with Crippen LogP contribution < -0.4 is 11.2 Å². The van der Waals surface area contributed by atoms with Gasteiger partial charge in [-0.1, -0.05) is 18.2 Å². The van der Waals surface area contributed by atoms with Crippen molar-refractivity contribution in [1.82, 2.24) is 9.13 Å². The van der Waals surface area contributed by atoms with Crippen LogP contribution in [0.1, 0.15) is 16.7 Å². The molecule has 1 aromatic carbocycles. The fraction of sp³-hybridized carbons (Fsp3) is 0.214. The molecule has 5 heteroatoms. The van der Waals surface area contributed by atoms with Gasteiger partial charge >= 0.3 is 5.69 Å². The van der Waals surface area contributed by atoms with Crippen LogP contribution in [0.25, 0.3) is 5.69 Å². The lowest BCUT2D eigenvalue weighted by molar-refractivity contribution is 0.721. The number of nitriles is 1. The second kappa shape index (κ2) is 4.58. The molecule has 5 nitrogen and oxygen atoms in total. The van der Waals surface area contributed by atoms with Crippen LogP contribution in [0.4, 0.5) is 0 Å². The van der Waals surface area contributed by atoms with Crippen LogP contribution in [0.3, 0.4) is 0 Å². The maximum atomic E-state index is 12.2. The normalized spacial score (nSPS) is 10.2. The van der Waals surface area contributed by atoms with Gasteiger partial charge in [0, 0.05) is 13.2 Å². The Morgan fingerprint density at radius 3 is 2.26 bits per heavy atom. The van der Waals surface area contributed by atoms with E-state index in [9.17, 15) is 9.59 Å². The monoisotopic (exact) mass is 255 g/mol. The lowest BCUT2D eigenvalue weighted by Crippen LogP contribution is -2.38. The SMILES string of the molecule is Cc1cccc(C)c1-n1cc(C#N)c(=O)n(C)c1=O. The summed E-state index contributed by atoms with van der Waals surface area (Å²) in [5, 5.41) is 8.97. The van der Waals surface area contributed by atoms with Gasteiger partial charge in [-0.15, -0.1) is 0 Å². The number of aromatic nitrogens is 2. The van der Waals surface area contributed by atoms with Crippen molar-refractivity contribution in [3.8, 4) is 11.8 Å². The maximum Gasteiger partial charge on any atom is 0.335 e. The summed E-state index contributed by atoms with van der Waals surface area (Å²) in [6.07, 6.45) is 1.31. The molecule has 0 saturated heterocycles. The highest BCUT2D eigenvalue weighted by molar-refractivity contribution is 5.47. The van der Waals surface area contributed by atoms with E-state index in [1.165, 1.54) is 17.8 Å². The Morgan fingerprint density at radius 2 is 1.74 bits per heavy atom. The first-order valence-electron chi connectivity index (χ1n) is 5.76. The van der Waals surface area contributed by atoms with Gasteiger partial charge in [-0.2, -0.15) is 5.26 Å². The lowest BCUT2D eigenvalue weighted by atomic mass is 10.1. The van der Waals surface area contributed by atoms with E-state index in [4.69, 9.17) is 5.26 Å². The summed E-state index contributed by atoms with van der Waals surface area (Å²) in [7, 11) is 1.37. The number of benzene rings is 1. The smallest absolute Gasteiger partial charge is 0.268 e. The zero-order valence-corrected chi connectivity index (χ0v) is 11.0. The summed E-state index contributed by atoms with van der Waals surface area (Å²) in [4.78, 5) is 23.9. The number of para-hydroxylation sites is 1. The van der Waals surface area contributed by atoms with E-state index in [1.54, 1.807) is 0 Å². The molecule has 0 radical (unpaired) electrons. The molecule has 0 aliphatic rings. The molecule has 0 fully saturated rings. The third kappa shape index (κ3) is 1.97. The van der Waals surface area contributed by atoms with Crippen LogP contribution in [-0.4, -0.2) is 9.13 Å². The van der Waals surface area contributed by atoms with Crippen molar-refractivity contribution in [2.45, 2.75) is 13.8 Å². The van der Waals surface area contributed by atoms with E-state index < -0.39 is 11.2 Å². The minimum Gasteiger partial charge on any atom is -0.268 e. The van der Waals surface area contributed by atoms with Gasteiger partial charge in [0.15, 0.2) is 0 Å². The first-order valence-corrected chi connectivity index (χ1v) is 5.76. The van der Waals surface area contributed by atoms with Gasteiger partial charge in [-0.25, -0.2) is 4.79 Å². The maximum absolute atomic E-state index is 12.2. The second-order valence-corrected chi connectivity index (χ2v) is 4.41. The molecule has 1 aromatic heterocycles. The number of hydrogen-bond donors (Lipinski definition) is 0. The van der Waals surface area contributed by atoms with E-state index in [0.29, 0.717) is 5.69 Å². The third-order valence-electron chi connectivity index (χ3n) is 3.09. The Morgan fingerprint density at radius 1 is 1.16 bits per heavy atom. The van der Waals surface area contributed by atoms with Gasteiger partial charge in [0.1, 0.15) is 11.6 Å². The molecule has 2 rings (SSSR count). The fourth-order valence-electron chi connectivity index (χ4n) is 2.09. The Labute approximate surface area is 110 Å². The molecule has 0 N–H and O–H groups in total. The average Bonchev–Trinajstić information content (AvgIpc) is 2.38. The zero-order chi connectivity index (χ0) is 14.2. The molecule has 96 valence electrons. The van der Waals surface area contributed by atoms with Crippen molar-refractivity contribution in [2.75, 3.05) is 0 Å². The summed E-state index contributed by atoms with van der Waals surface area (Å²) in [6.45, 7) is 3.76. The number of hydrogen-bond acceptors (Lipinski definition) is 3. The molecule has 1 heterocycles. The van der Waals surface area contributed by atoms with Gasteiger partial charge in [-0.3, -0.25) is 13.9 Å². The van der Waals surface area contributed by atoms with Crippen LogP contribution in [0, 0.1) is 25.2 Å². The van der Waals surface area contributed by atoms with E-state index in [-0.39, 0.29) is 5.56 Å². The molecule has 0 spiro atoms. The standard InChI is InChI=1S/C14H13N3O2/c1-9-5-4-6-10(2)12(9)17-8-11(7-15)13(18)16(3)14(17)19/h4-6,8H,1-3H3. The van der Waals surface area contributed by atoms with E-state index in [1.807, 2.05) is 38.1 Å². The molecule has 0 aliphatic heterocycles. The van der Waals surface area contributed by atoms with Gasteiger partial charge in [0.25, 0.3) is 5.56 Å². The van der Waals surface area contributed by atoms with Crippen LogP contribution in [-0.2, 0) is 7.05 Å². The minimum absolute atomic E-state index is 0.0512. The molecule has 0 bridgehead atoms. The Kier molecular flexibility index (Phi) is 3.09. The highest BCUT2D eigenvalue weighted by Gasteiger charge is 2.12. The van der Waals surface area contributed by atoms with Crippen molar-refractivity contribution < 1.29 is 0 Å². The molecular formula is C14H13N3O2. The number of aryl methyl sites for hydroxylation is 2. The van der Waals surface area contributed by atoms with Gasteiger partial charge in [0.2, 0.25) is 0 Å². The van der Waals surface area contributed by atoms with E-state index in [2.05, 4.69) is 0 Å². The molecule has 2 aromatic rings. The number of rotatable bonds is 1. The van der Waals surface area contributed by atoms with Crippen LogP contribution in [0.2, 0.25) is 0 Å². The van der Waals surface area contributed by atoms with Crippen molar-refractivity contribution >= 4 is 0 Å². The average molecular weight is 255 g/mol. The van der Waals surface area contributed by atoms with Crippen LogP contribution >= 0.6 is 0 Å². The molecule has 0 aliphatic carbocycles. The van der Waals surface area contributed by atoms with Gasteiger partial charge in [0.05, 0.1) is 5.69 Å². The Bertz CT molecular complexity index is 787. The zero-order valence-electron chi connectivity index (χ0n) is 11.0. The summed E-state index contributed by atoms with van der Waals surface area (Å²) in [5.41, 5.74) is 1.44. The van der Waals surface area contributed by atoms with E-state index in [0.717, 1.165) is 15.7 Å². The van der Waals surface area contributed by atoms with Gasteiger partial charge < -0.3 is 0 Å². The summed E-state index contributed by atoms with van der Waals surface area (Å²) in [6, 6.07) is 7.48. The predicted octanol–water partition coefficient (Wildman–Crippen LogP) is 1.02. The number of nitrogens with zero attached hydrogens (tertiary/aromatic N) is 3. The van der Waals surface area contributed by atoms with Gasteiger partial charge in [-0.05, 0) is 25.0 Å².